The predicted octanol–water partition coefficient (Wildman–Crippen LogP) is 3.32. The third kappa shape index (κ3) is 3.66. The third-order valence-corrected chi connectivity index (χ3v) is 4.24. The van der Waals surface area contributed by atoms with E-state index in [-0.39, 0.29) is 16.5 Å². The summed E-state index contributed by atoms with van der Waals surface area (Å²) in [6.45, 7) is 3.44. The van der Waals surface area contributed by atoms with E-state index in [1.165, 1.54) is 0 Å². The summed E-state index contributed by atoms with van der Waals surface area (Å²) in [7, 11) is -3.90. The highest BCUT2D eigenvalue weighted by molar-refractivity contribution is 9.11. The maximum absolute atomic E-state index is 13.3. The molecule has 8 heteroatoms. The average Bonchev–Trinajstić information content (AvgIpc) is 2.23. The van der Waals surface area contributed by atoms with Gasteiger partial charge in [-0.2, -0.15) is 0 Å². The fourth-order valence-electron chi connectivity index (χ4n) is 0.967. The summed E-state index contributed by atoms with van der Waals surface area (Å²) in [5.74, 6) is -0.964. The highest BCUT2D eigenvalue weighted by atomic mass is 79.9. The normalized spacial score (nSPS) is 11.5. The Hall–Kier alpha value is -0.140. The number of nitrogens with one attached hydrogen (secondary N) is 1. The third-order valence-electron chi connectivity index (χ3n) is 1.74. The summed E-state index contributed by atoms with van der Waals surface area (Å²) in [6.07, 6.45) is 0. The van der Waals surface area contributed by atoms with Crippen LogP contribution < -0.4 is 4.72 Å². The van der Waals surface area contributed by atoms with Crippen LogP contribution in [0.4, 0.5) is 4.39 Å². The molecule has 0 radical (unpaired) electrons. The number of rotatable bonds is 4. The molecular weight excluding hydrogens is 356 g/mol. The number of sulfonamides is 1. The molecule has 0 amide bonds. The summed E-state index contributed by atoms with van der Waals surface area (Å²) < 4.78 is 39.5. The molecular formula is C9H7BrCl2FNO2S. The van der Waals surface area contributed by atoms with Crippen LogP contribution in [0.5, 0.6) is 0 Å². The van der Waals surface area contributed by atoms with Crippen molar-refractivity contribution >= 4 is 49.2 Å². The second-order valence-electron chi connectivity index (χ2n) is 3.02. The van der Waals surface area contributed by atoms with Crippen LogP contribution >= 0.6 is 39.1 Å². The first-order chi connectivity index (χ1) is 7.75. The first-order valence-corrected chi connectivity index (χ1v) is 7.25. The fourth-order valence-corrected chi connectivity index (χ4v) is 3.06. The molecule has 1 rings (SSSR count). The average molecular weight is 363 g/mol. The second kappa shape index (κ2) is 5.67. The maximum atomic E-state index is 13.3. The first-order valence-electron chi connectivity index (χ1n) is 4.22. The highest BCUT2D eigenvalue weighted by Gasteiger charge is 2.21. The van der Waals surface area contributed by atoms with Gasteiger partial charge in [-0.3, -0.25) is 0 Å². The molecule has 17 heavy (non-hydrogen) atoms. The number of hydrogen-bond acceptors (Lipinski definition) is 2. The van der Waals surface area contributed by atoms with Crippen molar-refractivity contribution in [1.82, 2.24) is 4.72 Å². The summed E-state index contributed by atoms with van der Waals surface area (Å²) in [6, 6.07) is 2.26. The minimum absolute atomic E-state index is 0.0249. The first kappa shape index (κ1) is 14.9. The lowest BCUT2D eigenvalue weighted by atomic mass is 10.3. The van der Waals surface area contributed by atoms with Crippen molar-refractivity contribution in [2.24, 2.45) is 0 Å². The Morgan fingerprint density at radius 1 is 1.47 bits per heavy atom. The molecule has 0 bridgehead atoms. The molecule has 0 saturated carbocycles. The van der Waals surface area contributed by atoms with Gasteiger partial charge < -0.3 is 0 Å². The van der Waals surface area contributed by atoms with E-state index < -0.39 is 20.9 Å². The van der Waals surface area contributed by atoms with Crippen LogP contribution in [0.2, 0.25) is 10.0 Å². The van der Waals surface area contributed by atoms with E-state index in [0.29, 0.717) is 4.48 Å². The van der Waals surface area contributed by atoms with E-state index in [1.807, 2.05) is 0 Å². The van der Waals surface area contributed by atoms with Gasteiger partial charge in [-0.15, -0.1) is 0 Å². The topological polar surface area (TPSA) is 46.2 Å². The largest absolute Gasteiger partial charge is 0.242 e. The SMILES string of the molecule is C=C(Br)CNS(=O)(=O)c1ccc(Cl)c(F)c1Cl. The van der Waals surface area contributed by atoms with Crippen molar-refractivity contribution in [2.75, 3.05) is 6.54 Å². The molecule has 0 aliphatic heterocycles. The van der Waals surface area contributed by atoms with E-state index >= 15 is 0 Å². The van der Waals surface area contributed by atoms with Crippen molar-refractivity contribution in [2.45, 2.75) is 4.90 Å². The van der Waals surface area contributed by atoms with Crippen LogP contribution in [-0.4, -0.2) is 15.0 Å². The smallest absolute Gasteiger partial charge is 0.207 e. The molecule has 1 N–H and O–H groups in total. The zero-order valence-corrected chi connectivity index (χ0v) is 12.2. The van der Waals surface area contributed by atoms with Crippen molar-refractivity contribution in [3.05, 3.63) is 39.1 Å². The molecule has 0 saturated heterocycles. The zero-order chi connectivity index (χ0) is 13.2. The van der Waals surface area contributed by atoms with Gasteiger partial charge in [0.05, 0.1) is 10.0 Å². The van der Waals surface area contributed by atoms with Crippen LogP contribution in [0.3, 0.4) is 0 Å². The van der Waals surface area contributed by atoms with E-state index in [0.717, 1.165) is 12.1 Å². The second-order valence-corrected chi connectivity index (χ2v) is 6.66. The van der Waals surface area contributed by atoms with Gasteiger partial charge in [0.25, 0.3) is 0 Å². The summed E-state index contributed by atoms with van der Waals surface area (Å²) >= 11 is 14.0. The Kier molecular flexibility index (Phi) is 4.97. The Balaban J connectivity index is 3.16. The summed E-state index contributed by atoms with van der Waals surface area (Å²) in [5, 5.41) is -0.774. The lowest BCUT2D eigenvalue weighted by Crippen LogP contribution is -2.25. The standard InChI is InChI=1S/C9H7BrCl2FNO2S/c1-5(10)4-14-17(15,16)7-3-2-6(11)9(13)8(7)12/h2-3,14H,1,4H2. The molecule has 0 spiro atoms. The van der Waals surface area contributed by atoms with Gasteiger partial charge in [0.2, 0.25) is 10.0 Å². The van der Waals surface area contributed by atoms with Crippen LogP contribution in [-0.2, 0) is 10.0 Å². The molecule has 0 unspecified atom stereocenters. The minimum Gasteiger partial charge on any atom is -0.207 e. The summed E-state index contributed by atoms with van der Waals surface area (Å²) in [4.78, 5) is -0.366. The van der Waals surface area contributed by atoms with Gasteiger partial charge in [0.15, 0.2) is 5.82 Å². The number of benzene rings is 1. The molecule has 3 nitrogen and oxygen atoms in total. The van der Waals surface area contributed by atoms with Crippen LogP contribution in [0, 0.1) is 5.82 Å². The molecule has 1 aromatic rings. The van der Waals surface area contributed by atoms with E-state index in [9.17, 15) is 12.8 Å². The Morgan fingerprint density at radius 2 is 2.06 bits per heavy atom. The van der Waals surface area contributed by atoms with Crippen LogP contribution in [0.1, 0.15) is 0 Å². The van der Waals surface area contributed by atoms with Crippen molar-refractivity contribution in [1.29, 1.82) is 0 Å². The van der Waals surface area contributed by atoms with Crippen molar-refractivity contribution in [3.63, 3.8) is 0 Å². The molecule has 0 fully saturated rings. The lowest BCUT2D eigenvalue weighted by molar-refractivity contribution is 0.581. The summed E-state index contributed by atoms with van der Waals surface area (Å²) in [5.41, 5.74) is 0. The fraction of sp³-hybridized carbons (Fsp3) is 0.111. The van der Waals surface area contributed by atoms with Gasteiger partial charge >= 0.3 is 0 Å². The van der Waals surface area contributed by atoms with E-state index in [1.54, 1.807) is 0 Å². The number of halogens is 4. The highest BCUT2D eigenvalue weighted by Crippen LogP contribution is 2.29. The lowest BCUT2D eigenvalue weighted by Gasteiger charge is -2.08. The van der Waals surface area contributed by atoms with Crippen LogP contribution in [0.15, 0.2) is 28.1 Å². The molecule has 94 valence electrons. The van der Waals surface area contributed by atoms with Crippen molar-refractivity contribution in [3.8, 4) is 0 Å². The predicted molar refractivity (Wildman–Crippen MR) is 69.7 cm³/mol. The van der Waals surface area contributed by atoms with Gasteiger partial charge in [0.1, 0.15) is 4.90 Å². The van der Waals surface area contributed by atoms with Crippen LogP contribution in [0.25, 0.3) is 0 Å². The molecule has 1 aromatic carbocycles. The number of hydrogen-bond donors (Lipinski definition) is 1. The Bertz CT molecular complexity index is 562. The molecule has 0 aliphatic carbocycles. The van der Waals surface area contributed by atoms with Crippen molar-refractivity contribution < 1.29 is 12.8 Å². The molecule has 0 atom stereocenters. The Labute approximate surface area is 117 Å². The monoisotopic (exact) mass is 361 g/mol. The minimum atomic E-state index is -3.90. The zero-order valence-electron chi connectivity index (χ0n) is 8.31. The van der Waals surface area contributed by atoms with Gasteiger partial charge in [0, 0.05) is 11.0 Å². The van der Waals surface area contributed by atoms with Gasteiger partial charge in [-0.05, 0) is 12.1 Å². The molecule has 0 heterocycles. The van der Waals surface area contributed by atoms with Gasteiger partial charge in [-0.1, -0.05) is 45.7 Å². The quantitative estimate of drug-likeness (QED) is 0.835. The maximum Gasteiger partial charge on any atom is 0.242 e. The van der Waals surface area contributed by atoms with E-state index in [2.05, 4.69) is 27.2 Å². The van der Waals surface area contributed by atoms with E-state index in [4.69, 9.17) is 23.2 Å². The molecule has 0 aromatic heterocycles. The molecule has 0 aliphatic rings. The Morgan fingerprint density at radius 3 is 2.59 bits per heavy atom. The van der Waals surface area contributed by atoms with Gasteiger partial charge in [-0.25, -0.2) is 17.5 Å².